The molecular formula is C9H10BF4N5O. The fraction of sp³-hybridized carbons (Fsp3) is 0.111. The standard InChI is InChI=1S/C9H9N5O.BF4/c10-8(15)6-13-4-5-14(7-13)9-11-2-1-3-12-9;2-1(3,4)5/h1-5,7H,6H2,(H-,10,15);/q;-1/p+1. The van der Waals surface area contributed by atoms with Gasteiger partial charge in [0.1, 0.15) is 12.4 Å². The van der Waals surface area contributed by atoms with Crippen LogP contribution in [0.4, 0.5) is 17.3 Å². The first kappa shape index (κ1) is 15.6. The number of rotatable bonds is 3. The molecule has 0 spiro atoms. The number of carbonyl (C=O) groups is 1. The molecule has 0 atom stereocenters. The lowest BCUT2D eigenvalue weighted by molar-refractivity contribution is -0.683. The summed E-state index contributed by atoms with van der Waals surface area (Å²) in [5.74, 6) is 0.174. The van der Waals surface area contributed by atoms with Gasteiger partial charge in [0.05, 0.1) is 0 Å². The lowest BCUT2D eigenvalue weighted by atomic mass is 10.3. The quantitative estimate of drug-likeness (QED) is 0.503. The Balaban J connectivity index is 0.000000347. The number of aromatic nitrogens is 4. The molecule has 0 aliphatic carbocycles. The summed E-state index contributed by atoms with van der Waals surface area (Å²) in [7, 11) is -6.00. The lowest BCUT2D eigenvalue weighted by Gasteiger charge is -1.94. The van der Waals surface area contributed by atoms with Crippen molar-refractivity contribution in [3.05, 3.63) is 37.2 Å². The van der Waals surface area contributed by atoms with E-state index in [9.17, 15) is 22.1 Å². The van der Waals surface area contributed by atoms with E-state index in [2.05, 4.69) is 9.97 Å². The van der Waals surface area contributed by atoms with Gasteiger partial charge in [0.15, 0.2) is 6.54 Å². The molecule has 0 unspecified atom stereocenters. The van der Waals surface area contributed by atoms with Crippen molar-refractivity contribution in [2.24, 2.45) is 5.73 Å². The number of hydrogen-bond acceptors (Lipinski definition) is 3. The van der Waals surface area contributed by atoms with Crippen molar-refractivity contribution >= 4 is 13.2 Å². The minimum Gasteiger partial charge on any atom is -0.418 e. The molecule has 20 heavy (non-hydrogen) atoms. The molecule has 2 rings (SSSR count). The van der Waals surface area contributed by atoms with E-state index in [1.54, 1.807) is 46.3 Å². The molecule has 2 aromatic rings. The Morgan fingerprint density at radius 1 is 1.30 bits per heavy atom. The van der Waals surface area contributed by atoms with Gasteiger partial charge in [0, 0.05) is 12.4 Å². The number of carbonyl (C=O) groups excluding carboxylic acids is 1. The third-order valence-corrected chi connectivity index (χ3v) is 1.81. The van der Waals surface area contributed by atoms with Gasteiger partial charge >= 0.3 is 13.2 Å². The number of nitrogens with zero attached hydrogens (tertiary/aromatic N) is 4. The van der Waals surface area contributed by atoms with Crippen LogP contribution in [0.1, 0.15) is 0 Å². The van der Waals surface area contributed by atoms with Crippen LogP contribution in [0.5, 0.6) is 0 Å². The van der Waals surface area contributed by atoms with Crippen LogP contribution in [-0.2, 0) is 11.3 Å². The summed E-state index contributed by atoms with van der Waals surface area (Å²) in [6.45, 7) is 0.153. The summed E-state index contributed by atoms with van der Waals surface area (Å²) in [5.41, 5.74) is 5.07. The zero-order valence-corrected chi connectivity index (χ0v) is 10.0. The zero-order valence-electron chi connectivity index (χ0n) is 10.0. The molecule has 0 radical (unpaired) electrons. The first-order valence-electron chi connectivity index (χ1n) is 5.26. The van der Waals surface area contributed by atoms with Crippen molar-refractivity contribution in [1.82, 2.24) is 14.5 Å². The van der Waals surface area contributed by atoms with E-state index in [0.29, 0.717) is 5.95 Å². The van der Waals surface area contributed by atoms with Crippen molar-refractivity contribution < 1.29 is 26.6 Å². The molecule has 0 aliphatic heterocycles. The average Bonchev–Trinajstić information content (AvgIpc) is 2.75. The molecule has 0 aliphatic rings. The third kappa shape index (κ3) is 6.47. The second kappa shape index (κ2) is 6.64. The van der Waals surface area contributed by atoms with Gasteiger partial charge in [0.2, 0.25) is 0 Å². The second-order valence-corrected chi connectivity index (χ2v) is 3.50. The number of primary amides is 1. The molecule has 11 heteroatoms. The smallest absolute Gasteiger partial charge is 0.418 e. The molecule has 2 N–H and O–H groups in total. The van der Waals surface area contributed by atoms with Gasteiger partial charge in [-0.3, -0.25) is 4.79 Å². The molecule has 6 nitrogen and oxygen atoms in total. The Labute approximate surface area is 111 Å². The van der Waals surface area contributed by atoms with Crippen LogP contribution < -0.4 is 10.3 Å². The lowest BCUT2D eigenvalue weighted by Crippen LogP contribution is -2.38. The number of halogens is 4. The van der Waals surface area contributed by atoms with Crippen LogP contribution in [0.3, 0.4) is 0 Å². The maximum atomic E-state index is 10.7. The number of nitrogens with two attached hydrogens (primary N) is 1. The average molecular weight is 291 g/mol. The van der Waals surface area contributed by atoms with Crippen LogP contribution >= 0.6 is 0 Å². The second-order valence-electron chi connectivity index (χ2n) is 3.50. The van der Waals surface area contributed by atoms with E-state index in [1.165, 1.54) is 0 Å². The first-order chi connectivity index (χ1) is 9.25. The number of imidazole rings is 1. The summed E-state index contributed by atoms with van der Waals surface area (Å²) in [5, 5.41) is 0. The molecular weight excluding hydrogens is 281 g/mol. The zero-order chi connectivity index (χ0) is 15.2. The number of amides is 1. The molecule has 1 amide bonds. The molecule has 108 valence electrons. The topological polar surface area (TPSA) is 77.7 Å². The van der Waals surface area contributed by atoms with Crippen LogP contribution in [0.25, 0.3) is 5.95 Å². The van der Waals surface area contributed by atoms with Gasteiger partial charge in [-0.2, -0.15) is 14.5 Å². The monoisotopic (exact) mass is 291 g/mol. The third-order valence-electron chi connectivity index (χ3n) is 1.81. The van der Waals surface area contributed by atoms with Crippen molar-refractivity contribution in [1.29, 1.82) is 0 Å². The van der Waals surface area contributed by atoms with Crippen LogP contribution in [0.2, 0.25) is 0 Å². The van der Waals surface area contributed by atoms with Crippen LogP contribution in [-0.4, -0.2) is 27.7 Å². The molecule has 0 fully saturated rings. The highest BCUT2D eigenvalue weighted by Crippen LogP contribution is 2.06. The van der Waals surface area contributed by atoms with Gasteiger partial charge in [-0.15, -0.1) is 0 Å². The van der Waals surface area contributed by atoms with Gasteiger partial charge in [-0.05, 0) is 6.07 Å². The predicted octanol–water partition coefficient (Wildman–Crippen LogP) is 0.340. The molecule has 2 heterocycles. The minimum absolute atomic E-state index is 0.153. The van der Waals surface area contributed by atoms with Gasteiger partial charge in [-0.25, -0.2) is 4.57 Å². The Kier molecular flexibility index (Phi) is 5.18. The van der Waals surface area contributed by atoms with Crippen molar-refractivity contribution in [2.75, 3.05) is 0 Å². The number of hydrogen-bond donors (Lipinski definition) is 1. The summed E-state index contributed by atoms with van der Waals surface area (Å²) in [6.07, 6.45) is 8.51. The Morgan fingerprint density at radius 3 is 2.35 bits per heavy atom. The Hall–Kier alpha value is -2.46. The van der Waals surface area contributed by atoms with Crippen molar-refractivity contribution in [2.45, 2.75) is 6.54 Å². The molecule has 0 aromatic carbocycles. The maximum Gasteiger partial charge on any atom is 0.673 e. The molecule has 2 aromatic heterocycles. The molecule has 0 saturated carbocycles. The van der Waals surface area contributed by atoms with Crippen LogP contribution in [0, 0.1) is 0 Å². The van der Waals surface area contributed by atoms with Gasteiger partial charge in [-0.1, -0.05) is 0 Å². The van der Waals surface area contributed by atoms with E-state index in [4.69, 9.17) is 5.73 Å². The van der Waals surface area contributed by atoms with Crippen LogP contribution in [0.15, 0.2) is 37.2 Å². The largest absolute Gasteiger partial charge is 0.673 e. The van der Waals surface area contributed by atoms with Gasteiger partial charge < -0.3 is 23.0 Å². The summed E-state index contributed by atoms with van der Waals surface area (Å²) >= 11 is 0. The molecule has 0 bridgehead atoms. The Bertz CT molecular complexity index is 553. The predicted molar refractivity (Wildman–Crippen MR) is 60.9 cm³/mol. The van der Waals surface area contributed by atoms with E-state index >= 15 is 0 Å². The van der Waals surface area contributed by atoms with E-state index in [0.717, 1.165) is 0 Å². The SMILES string of the molecule is F[B-](F)(F)F.NC(=O)C[n+]1ccn(-c2ncccn2)c1. The van der Waals surface area contributed by atoms with Crippen molar-refractivity contribution in [3.8, 4) is 5.95 Å². The highest BCUT2D eigenvalue weighted by Gasteiger charge is 2.20. The minimum atomic E-state index is -6.00. The van der Waals surface area contributed by atoms with Crippen molar-refractivity contribution in [3.63, 3.8) is 0 Å². The normalized spacial score (nSPS) is 10.6. The van der Waals surface area contributed by atoms with Gasteiger partial charge in [0.25, 0.3) is 12.2 Å². The Morgan fingerprint density at radius 2 is 1.85 bits per heavy atom. The van der Waals surface area contributed by atoms with E-state index in [-0.39, 0.29) is 12.5 Å². The highest BCUT2D eigenvalue weighted by atomic mass is 19.5. The fourth-order valence-corrected chi connectivity index (χ4v) is 1.21. The highest BCUT2D eigenvalue weighted by molar-refractivity contribution is 6.50. The summed E-state index contributed by atoms with van der Waals surface area (Å²) in [6, 6.07) is 1.74. The fourth-order valence-electron chi connectivity index (χ4n) is 1.21. The summed E-state index contributed by atoms with van der Waals surface area (Å²) < 4.78 is 42.4. The van der Waals surface area contributed by atoms with E-state index < -0.39 is 7.25 Å². The first-order valence-corrected chi connectivity index (χ1v) is 5.26. The maximum absolute atomic E-state index is 10.7. The molecule has 0 saturated heterocycles. The summed E-state index contributed by atoms with van der Waals surface area (Å²) in [4.78, 5) is 18.8. The van der Waals surface area contributed by atoms with E-state index in [1.807, 2.05) is 0 Å².